The van der Waals surface area contributed by atoms with Gasteiger partial charge in [-0.15, -0.1) is 11.8 Å². The van der Waals surface area contributed by atoms with Gasteiger partial charge in [0.2, 0.25) is 0 Å². The highest BCUT2D eigenvalue weighted by atomic mass is 32.2. The van der Waals surface area contributed by atoms with Gasteiger partial charge in [0.1, 0.15) is 0 Å². The summed E-state index contributed by atoms with van der Waals surface area (Å²) in [5.41, 5.74) is -0.185. The second-order valence-electron chi connectivity index (χ2n) is 3.96. The predicted molar refractivity (Wildman–Crippen MR) is 75.6 cm³/mol. The summed E-state index contributed by atoms with van der Waals surface area (Å²) in [6.07, 6.45) is 1.68. The van der Waals surface area contributed by atoms with Gasteiger partial charge < -0.3 is 15.2 Å². The van der Waals surface area contributed by atoms with E-state index in [0.717, 1.165) is 6.07 Å². The summed E-state index contributed by atoms with van der Waals surface area (Å²) in [6.45, 7) is -0.202. The van der Waals surface area contributed by atoms with Crippen molar-refractivity contribution in [3.05, 3.63) is 33.9 Å². The lowest BCUT2D eigenvalue weighted by Crippen LogP contribution is -2.43. The van der Waals surface area contributed by atoms with Crippen molar-refractivity contribution in [1.29, 1.82) is 0 Å². The molecule has 0 spiro atoms. The van der Waals surface area contributed by atoms with Crippen LogP contribution in [0.2, 0.25) is 0 Å². The molecule has 0 aliphatic carbocycles. The Bertz CT molecular complexity index is 563. The van der Waals surface area contributed by atoms with Crippen molar-refractivity contribution in [2.24, 2.45) is 0 Å². The van der Waals surface area contributed by atoms with E-state index >= 15 is 0 Å². The second kappa shape index (κ2) is 7.60. The summed E-state index contributed by atoms with van der Waals surface area (Å²) in [6, 6.07) is 2.75. The first kappa shape index (κ1) is 16.9. The highest BCUT2D eigenvalue weighted by Crippen LogP contribution is 2.28. The Balaban J connectivity index is 2.99. The summed E-state index contributed by atoms with van der Waals surface area (Å²) in [7, 11) is 1.31. The number of hydrogen-bond acceptors (Lipinski definition) is 6. The minimum atomic E-state index is -1.25. The number of carbonyl (C=O) groups is 2. The van der Waals surface area contributed by atoms with Crippen LogP contribution in [0.25, 0.3) is 0 Å². The van der Waals surface area contributed by atoms with Crippen molar-refractivity contribution in [2.75, 3.05) is 20.0 Å². The number of nitrogens with one attached hydrogen (secondary N) is 1. The molecule has 0 aromatic heterocycles. The molecule has 1 rings (SSSR count). The molecule has 0 radical (unpaired) electrons. The van der Waals surface area contributed by atoms with E-state index < -0.39 is 22.8 Å². The number of carbonyl (C=O) groups excluding carboxylic acids is 1. The summed E-state index contributed by atoms with van der Waals surface area (Å²) in [5.74, 6) is -1.96. The Kier molecular flexibility index (Phi) is 6.12. The summed E-state index contributed by atoms with van der Waals surface area (Å²) < 4.78 is 4.69. The Morgan fingerprint density at radius 1 is 1.52 bits per heavy atom. The van der Waals surface area contributed by atoms with Gasteiger partial charge in [-0.3, -0.25) is 14.9 Å². The number of nitro groups is 1. The maximum Gasteiger partial charge on any atom is 0.328 e. The SMILES string of the molecule is COCC(NC(=O)c1ccc(SC)c([N+](=O)[O-])c1)C(=O)O. The lowest BCUT2D eigenvalue weighted by molar-refractivity contribution is -0.387. The van der Waals surface area contributed by atoms with Crippen LogP contribution in [0.15, 0.2) is 23.1 Å². The topological polar surface area (TPSA) is 119 Å². The number of amides is 1. The van der Waals surface area contributed by atoms with Gasteiger partial charge in [0.05, 0.1) is 16.4 Å². The molecule has 1 atom stereocenters. The predicted octanol–water partition coefficient (Wildman–Crippen LogP) is 1.15. The lowest BCUT2D eigenvalue weighted by Gasteiger charge is -2.13. The quantitative estimate of drug-likeness (QED) is 0.440. The van der Waals surface area contributed by atoms with Crippen molar-refractivity contribution >= 4 is 29.3 Å². The molecule has 2 N–H and O–H groups in total. The number of thioether (sulfide) groups is 1. The van der Waals surface area contributed by atoms with Crippen LogP contribution >= 0.6 is 11.8 Å². The van der Waals surface area contributed by atoms with E-state index in [2.05, 4.69) is 5.32 Å². The molecule has 0 saturated heterocycles. The number of hydrogen-bond donors (Lipinski definition) is 2. The van der Waals surface area contributed by atoms with E-state index in [9.17, 15) is 19.7 Å². The minimum Gasteiger partial charge on any atom is -0.480 e. The number of carboxylic acid groups (broad SMARTS) is 1. The number of nitro benzene ring substituents is 1. The first-order valence-corrected chi connectivity index (χ1v) is 6.98. The fourth-order valence-corrected chi connectivity index (χ4v) is 2.10. The number of aliphatic carboxylic acids is 1. The monoisotopic (exact) mass is 314 g/mol. The highest BCUT2D eigenvalue weighted by Gasteiger charge is 2.22. The van der Waals surface area contributed by atoms with Gasteiger partial charge in [0.15, 0.2) is 6.04 Å². The van der Waals surface area contributed by atoms with Gasteiger partial charge in [-0.2, -0.15) is 0 Å². The van der Waals surface area contributed by atoms with Crippen molar-refractivity contribution < 1.29 is 24.4 Å². The summed E-state index contributed by atoms with van der Waals surface area (Å²) >= 11 is 1.18. The van der Waals surface area contributed by atoms with Crippen LogP contribution in [-0.2, 0) is 9.53 Å². The summed E-state index contributed by atoms with van der Waals surface area (Å²) in [4.78, 5) is 33.6. The minimum absolute atomic E-state index is 0.0156. The standard InChI is InChI=1S/C12H14N2O6S/c1-20-6-8(12(16)17)13-11(15)7-3-4-10(21-2)9(5-7)14(18)19/h3-5,8H,6H2,1-2H3,(H,13,15)(H,16,17). The average molecular weight is 314 g/mol. The van der Waals surface area contributed by atoms with E-state index in [1.165, 1.54) is 31.0 Å². The van der Waals surface area contributed by atoms with Crippen LogP contribution in [0.4, 0.5) is 5.69 Å². The molecule has 0 bridgehead atoms. The third-order valence-corrected chi connectivity index (χ3v) is 3.36. The van der Waals surface area contributed by atoms with Gasteiger partial charge in [-0.1, -0.05) is 0 Å². The number of ether oxygens (including phenoxy) is 1. The third kappa shape index (κ3) is 4.43. The molecule has 0 saturated carbocycles. The fraction of sp³-hybridized carbons (Fsp3) is 0.333. The molecular weight excluding hydrogens is 300 g/mol. The molecule has 0 aliphatic rings. The van der Waals surface area contributed by atoms with Gasteiger partial charge in [0.25, 0.3) is 11.6 Å². The normalized spacial score (nSPS) is 11.7. The van der Waals surface area contributed by atoms with Gasteiger partial charge in [-0.05, 0) is 18.4 Å². The van der Waals surface area contributed by atoms with Gasteiger partial charge in [-0.25, -0.2) is 4.79 Å². The molecule has 0 aliphatic heterocycles. The molecule has 8 nitrogen and oxygen atoms in total. The Morgan fingerprint density at radius 3 is 2.67 bits per heavy atom. The van der Waals surface area contributed by atoms with E-state index in [4.69, 9.17) is 9.84 Å². The molecule has 1 unspecified atom stereocenters. The molecule has 114 valence electrons. The molecule has 9 heteroatoms. The van der Waals surface area contributed by atoms with Crippen LogP contribution in [0.1, 0.15) is 10.4 Å². The molecular formula is C12H14N2O6S. The maximum atomic E-state index is 11.9. The number of methoxy groups -OCH3 is 1. The number of nitrogens with zero attached hydrogens (tertiary/aromatic N) is 1. The smallest absolute Gasteiger partial charge is 0.328 e. The second-order valence-corrected chi connectivity index (χ2v) is 4.81. The Hall–Kier alpha value is -2.13. The summed E-state index contributed by atoms with van der Waals surface area (Å²) in [5, 5.41) is 22.1. The van der Waals surface area contributed by atoms with Gasteiger partial charge in [0, 0.05) is 18.7 Å². The van der Waals surface area contributed by atoms with Crippen molar-refractivity contribution in [3.63, 3.8) is 0 Å². The molecule has 21 heavy (non-hydrogen) atoms. The van der Waals surface area contributed by atoms with Crippen molar-refractivity contribution in [1.82, 2.24) is 5.32 Å². The number of benzene rings is 1. The Morgan fingerprint density at radius 2 is 2.19 bits per heavy atom. The number of carboxylic acids is 1. The lowest BCUT2D eigenvalue weighted by atomic mass is 10.1. The first-order chi connectivity index (χ1) is 9.90. The van der Waals surface area contributed by atoms with E-state index in [-0.39, 0.29) is 17.9 Å². The van der Waals surface area contributed by atoms with Crippen LogP contribution in [-0.4, -0.2) is 47.9 Å². The first-order valence-electron chi connectivity index (χ1n) is 5.75. The number of rotatable bonds is 7. The third-order valence-electron chi connectivity index (χ3n) is 2.57. The van der Waals surface area contributed by atoms with Crippen LogP contribution < -0.4 is 5.32 Å². The van der Waals surface area contributed by atoms with Crippen LogP contribution in [0.5, 0.6) is 0 Å². The van der Waals surface area contributed by atoms with Crippen molar-refractivity contribution in [3.8, 4) is 0 Å². The van der Waals surface area contributed by atoms with E-state index in [1.54, 1.807) is 6.26 Å². The largest absolute Gasteiger partial charge is 0.480 e. The average Bonchev–Trinajstić information content (AvgIpc) is 2.45. The molecule has 0 fully saturated rings. The molecule has 1 amide bonds. The molecule has 1 aromatic carbocycles. The zero-order valence-corrected chi connectivity index (χ0v) is 12.2. The van der Waals surface area contributed by atoms with Crippen LogP contribution in [0.3, 0.4) is 0 Å². The molecule has 0 heterocycles. The van der Waals surface area contributed by atoms with E-state index in [1.807, 2.05) is 0 Å². The Labute approximate surface area is 124 Å². The zero-order valence-electron chi connectivity index (χ0n) is 11.4. The van der Waals surface area contributed by atoms with Gasteiger partial charge >= 0.3 is 5.97 Å². The van der Waals surface area contributed by atoms with E-state index in [0.29, 0.717) is 4.90 Å². The van der Waals surface area contributed by atoms with Crippen molar-refractivity contribution in [2.45, 2.75) is 10.9 Å². The molecule has 1 aromatic rings. The zero-order chi connectivity index (χ0) is 16.0. The van der Waals surface area contributed by atoms with Crippen LogP contribution in [0, 0.1) is 10.1 Å². The maximum absolute atomic E-state index is 11.9. The fourth-order valence-electron chi connectivity index (χ4n) is 1.56. The highest BCUT2D eigenvalue weighted by molar-refractivity contribution is 7.98.